The van der Waals surface area contributed by atoms with Gasteiger partial charge in [0.1, 0.15) is 11.9 Å². The first kappa shape index (κ1) is 24.4. The van der Waals surface area contributed by atoms with Crippen molar-refractivity contribution >= 4 is 11.5 Å². The van der Waals surface area contributed by atoms with Crippen molar-refractivity contribution in [2.75, 3.05) is 26.3 Å². The van der Waals surface area contributed by atoms with Crippen molar-refractivity contribution in [1.82, 2.24) is 9.88 Å². The number of fused-ring (bicyclic) bond motifs is 1. The highest BCUT2D eigenvalue weighted by atomic mass is 19.1. The van der Waals surface area contributed by atoms with Crippen LogP contribution in [0.2, 0.25) is 0 Å². The molecule has 1 aliphatic heterocycles. The third-order valence-electron chi connectivity index (χ3n) is 6.36. The molecule has 6 heteroatoms. The number of likely N-dealkylation sites (tertiary alicyclic amines) is 1. The van der Waals surface area contributed by atoms with Crippen molar-refractivity contribution in [3.8, 4) is 11.6 Å². The van der Waals surface area contributed by atoms with Crippen molar-refractivity contribution in [1.29, 1.82) is 0 Å². The lowest BCUT2D eigenvalue weighted by molar-refractivity contribution is -0.143. The number of benzene rings is 1. The zero-order valence-corrected chi connectivity index (χ0v) is 20.5. The molecule has 0 saturated carbocycles. The van der Waals surface area contributed by atoms with Gasteiger partial charge in [0, 0.05) is 37.5 Å². The Morgan fingerprint density at radius 2 is 2.09 bits per heavy atom. The maximum Gasteiger partial charge on any atom is 0.316 e. The van der Waals surface area contributed by atoms with E-state index in [0.717, 1.165) is 62.0 Å². The smallest absolute Gasteiger partial charge is 0.316 e. The molecule has 0 bridgehead atoms. The van der Waals surface area contributed by atoms with Crippen LogP contribution in [-0.2, 0) is 11.2 Å². The predicted molar refractivity (Wildman–Crippen MR) is 132 cm³/mol. The number of hydrogen-bond donors (Lipinski definition) is 0. The molecule has 1 atom stereocenters. The topological polar surface area (TPSA) is 51.7 Å². The largest absolute Gasteiger partial charge is 0.473 e. The first-order valence-corrected chi connectivity index (χ1v) is 12.3. The number of alkyl halides is 1. The zero-order chi connectivity index (χ0) is 24.1. The summed E-state index contributed by atoms with van der Waals surface area (Å²) in [6.07, 6.45) is 8.73. The number of aromatic nitrogens is 1. The van der Waals surface area contributed by atoms with Crippen LogP contribution in [0.4, 0.5) is 4.39 Å². The lowest BCUT2D eigenvalue weighted by Crippen LogP contribution is -2.26. The number of esters is 1. The predicted octanol–water partition coefficient (Wildman–Crippen LogP) is 5.61. The highest BCUT2D eigenvalue weighted by Crippen LogP contribution is 2.34. The SMILES string of the molecule is CC(C)(C)C(=O)Oc1ccc2c(c1)CCCC=C2c1ccc(O[C@H]2CCN(CCCF)C2)nc1. The highest BCUT2D eigenvalue weighted by molar-refractivity contribution is 5.82. The van der Waals surface area contributed by atoms with E-state index in [-0.39, 0.29) is 18.7 Å². The number of ether oxygens (including phenoxy) is 2. The van der Waals surface area contributed by atoms with Crippen molar-refractivity contribution in [2.24, 2.45) is 5.41 Å². The van der Waals surface area contributed by atoms with Crippen LogP contribution in [0.15, 0.2) is 42.6 Å². The molecule has 4 rings (SSSR count). The molecule has 2 aliphatic rings. The molecule has 1 saturated heterocycles. The molecular formula is C28H35FN2O3. The average Bonchev–Trinajstić information content (AvgIpc) is 3.14. The fourth-order valence-corrected chi connectivity index (χ4v) is 4.45. The Morgan fingerprint density at radius 1 is 1.24 bits per heavy atom. The quantitative estimate of drug-likeness (QED) is 0.392. The van der Waals surface area contributed by atoms with Gasteiger partial charge in [0.2, 0.25) is 5.88 Å². The van der Waals surface area contributed by atoms with Crippen molar-refractivity contribution in [2.45, 2.75) is 59.0 Å². The van der Waals surface area contributed by atoms with E-state index in [1.54, 1.807) is 0 Å². The molecule has 1 aliphatic carbocycles. The fraction of sp³-hybridized carbons (Fsp3) is 0.500. The summed E-state index contributed by atoms with van der Waals surface area (Å²) in [5.41, 5.74) is 3.99. The standard InChI is InChI=1S/C28H35FN2O3/c1-28(2,3)27(32)34-22-10-11-25-20(17-22)7-4-5-8-24(25)21-9-12-26(30-18-21)33-23-13-16-31(19-23)15-6-14-29/h8-12,17-18,23H,4-7,13-16,19H2,1-3H3/t23-/m0/s1. The second-order valence-corrected chi connectivity index (χ2v) is 10.2. The third kappa shape index (κ3) is 6.03. The van der Waals surface area contributed by atoms with Crippen LogP contribution < -0.4 is 9.47 Å². The summed E-state index contributed by atoms with van der Waals surface area (Å²) in [6, 6.07) is 9.92. The summed E-state index contributed by atoms with van der Waals surface area (Å²) in [6.45, 7) is 7.85. The molecule has 34 heavy (non-hydrogen) atoms. The number of nitrogens with zero attached hydrogens (tertiary/aromatic N) is 2. The molecule has 1 fully saturated rings. The van der Waals surface area contributed by atoms with E-state index in [1.807, 2.05) is 51.2 Å². The summed E-state index contributed by atoms with van der Waals surface area (Å²) in [5.74, 6) is 0.989. The third-order valence-corrected chi connectivity index (χ3v) is 6.36. The van der Waals surface area contributed by atoms with Crippen LogP contribution in [-0.4, -0.2) is 48.3 Å². The van der Waals surface area contributed by atoms with Gasteiger partial charge in [-0.1, -0.05) is 12.1 Å². The Kier molecular flexibility index (Phi) is 7.67. The molecule has 2 heterocycles. The molecule has 1 aromatic heterocycles. The summed E-state index contributed by atoms with van der Waals surface area (Å²) in [7, 11) is 0. The Balaban J connectivity index is 1.45. The Bertz CT molecular complexity index is 1030. The summed E-state index contributed by atoms with van der Waals surface area (Å²) in [4.78, 5) is 19.1. The fourth-order valence-electron chi connectivity index (χ4n) is 4.45. The monoisotopic (exact) mass is 466 g/mol. The van der Waals surface area contributed by atoms with E-state index in [9.17, 15) is 9.18 Å². The Hall–Kier alpha value is -2.73. The first-order chi connectivity index (χ1) is 16.3. The number of carbonyl (C=O) groups is 1. The van der Waals surface area contributed by atoms with E-state index in [0.29, 0.717) is 18.1 Å². The van der Waals surface area contributed by atoms with Crippen molar-refractivity contribution in [3.63, 3.8) is 0 Å². The number of hydrogen-bond acceptors (Lipinski definition) is 5. The van der Waals surface area contributed by atoms with E-state index in [1.165, 1.54) is 5.56 Å². The van der Waals surface area contributed by atoms with Gasteiger partial charge in [-0.25, -0.2) is 4.98 Å². The van der Waals surface area contributed by atoms with Crippen LogP contribution in [0.5, 0.6) is 11.6 Å². The molecule has 1 aromatic carbocycles. The minimum absolute atomic E-state index is 0.102. The highest BCUT2D eigenvalue weighted by Gasteiger charge is 2.25. The first-order valence-electron chi connectivity index (χ1n) is 12.3. The van der Waals surface area contributed by atoms with Crippen LogP contribution in [0.25, 0.3) is 5.57 Å². The zero-order valence-electron chi connectivity index (χ0n) is 20.5. The summed E-state index contributed by atoms with van der Waals surface area (Å²) >= 11 is 0. The van der Waals surface area contributed by atoms with Gasteiger partial charge >= 0.3 is 5.97 Å². The van der Waals surface area contributed by atoms with Crippen molar-refractivity contribution < 1.29 is 18.7 Å². The van der Waals surface area contributed by atoms with Gasteiger partial charge in [0.05, 0.1) is 12.1 Å². The van der Waals surface area contributed by atoms with E-state index < -0.39 is 5.41 Å². The number of halogens is 1. The molecule has 0 radical (unpaired) electrons. The van der Waals surface area contributed by atoms with Gasteiger partial charge in [-0.05, 0) is 87.8 Å². The van der Waals surface area contributed by atoms with Crippen LogP contribution in [0, 0.1) is 5.41 Å². The van der Waals surface area contributed by atoms with E-state index >= 15 is 0 Å². The number of allylic oxidation sites excluding steroid dienone is 1. The second kappa shape index (κ2) is 10.7. The maximum atomic E-state index is 12.4. The van der Waals surface area contributed by atoms with Crippen LogP contribution >= 0.6 is 0 Å². The molecule has 182 valence electrons. The number of carbonyl (C=O) groups excluding carboxylic acids is 1. The van der Waals surface area contributed by atoms with Gasteiger partial charge in [0.15, 0.2) is 0 Å². The normalized spacial score (nSPS) is 18.7. The van der Waals surface area contributed by atoms with E-state index in [2.05, 4.69) is 22.0 Å². The lowest BCUT2D eigenvalue weighted by Gasteiger charge is -2.18. The van der Waals surface area contributed by atoms with Gasteiger partial charge in [-0.3, -0.25) is 14.1 Å². The van der Waals surface area contributed by atoms with E-state index in [4.69, 9.17) is 9.47 Å². The molecule has 0 amide bonds. The van der Waals surface area contributed by atoms with Crippen LogP contribution in [0.1, 0.15) is 63.1 Å². The Labute approximate surface area is 202 Å². The number of aryl methyl sites for hydroxylation is 1. The number of rotatable bonds is 7. The van der Waals surface area contributed by atoms with Crippen molar-refractivity contribution in [3.05, 3.63) is 59.3 Å². The molecule has 0 unspecified atom stereocenters. The maximum absolute atomic E-state index is 12.4. The number of pyridine rings is 1. The molecule has 2 aromatic rings. The minimum atomic E-state index is -0.543. The molecule has 0 N–H and O–H groups in total. The second-order valence-electron chi connectivity index (χ2n) is 10.2. The van der Waals surface area contributed by atoms with Gasteiger partial charge < -0.3 is 9.47 Å². The van der Waals surface area contributed by atoms with Crippen LogP contribution in [0.3, 0.4) is 0 Å². The molecule has 0 spiro atoms. The lowest BCUT2D eigenvalue weighted by atomic mass is 9.94. The summed E-state index contributed by atoms with van der Waals surface area (Å²) in [5, 5.41) is 0. The van der Waals surface area contributed by atoms with Gasteiger partial charge in [-0.15, -0.1) is 0 Å². The Morgan fingerprint density at radius 3 is 2.82 bits per heavy atom. The van der Waals surface area contributed by atoms with Gasteiger partial charge in [-0.2, -0.15) is 0 Å². The van der Waals surface area contributed by atoms with Gasteiger partial charge in [0.25, 0.3) is 0 Å². The minimum Gasteiger partial charge on any atom is -0.473 e. The molecule has 5 nitrogen and oxygen atoms in total. The molecular weight excluding hydrogens is 431 g/mol. The average molecular weight is 467 g/mol. The summed E-state index contributed by atoms with van der Waals surface area (Å²) < 4.78 is 24.1.